The van der Waals surface area contributed by atoms with E-state index in [9.17, 15) is 10.2 Å². The summed E-state index contributed by atoms with van der Waals surface area (Å²) in [5.41, 5.74) is 2.11. The van der Waals surface area contributed by atoms with Crippen LogP contribution in [-0.4, -0.2) is 50.2 Å². The zero-order valence-electron chi connectivity index (χ0n) is 11.4. The lowest BCUT2D eigenvalue weighted by molar-refractivity contribution is -0.0229. The fourth-order valence-corrected chi connectivity index (χ4v) is 2.84. The van der Waals surface area contributed by atoms with E-state index in [1.54, 1.807) is 6.07 Å². The third kappa shape index (κ3) is 2.47. The van der Waals surface area contributed by atoms with Crippen molar-refractivity contribution in [1.82, 2.24) is 9.97 Å². The SMILES string of the molecule is Cc1ccc2cc(C3OC(CO)C(O)C3O)c(=S)[nH]c2n1. The summed E-state index contributed by atoms with van der Waals surface area (Å²) >= 11 is 5.30. The third-order valence-electron chi connectivity index (χ3n) is 3.72. The van der Waals surface area contributed by atoms with Crippen molar-refractivity contribution in [3.63, 3.8) is 0 Å². The number of pyridine rings is 2. The highest BCUT2D eigenvalue weighted by atomic mass is 32.1. The summed E-state index contributed by atoms with van der Waals surface area (Å²) in [6, 6.07) is 5.56. The molecule has 0 aromatic carbocycles. The number of fused-ring (bicyclic) bond motifs is 1. The molecule has 2 aromatic rings. The molecule has 7 heteroatoms. The van der Waals surface area contributed by atoms with Crippen molar-refractivity contribution in [3.05, 3.63) is 34.1 Å². The Bertz CT molecular complexity index is 732. The Morgan fingerprint density at radius 2 is 2.10 bits per heavy atom. The summed E-state index contributed by atoms with van der Waals surface area (Å²) < 4.78 is 5.92. The van der Waals surface area contributed by atoms with E-state index in [1.165, 1.54) is 0 Å². The van der Waals surface area contributed by atoms with Crippen LogP contribution in [0.5, 0.6) is 0 Å². The molecule has 0 spiro atoms. The van der Waals surface area contributed by atoms with E-state index >= 15 is 0 Å². The van der Waals surface area contributed by atoms with Crippen LogP contribution in [-0.2, 0) is 4.74 Å². The van der Waals surface area contributed by atoms with Crippen molar-refractivity contribution in [1.29, 1.82) is 0 Å². The molecule has 0 aliphatic carbocycles. The van der Waals surface area contributed by atoms with E-state index in [2.05, 4.69) is 9.97 Å². The average Bonchev–Trinajstić information content (AvgIpc) is 2.74. The molecule has 6 nitrogen and oxygen atoms in total. The van der Waals surface area contributed by atoms with Crippen LogP contribution in [0.4, 0.5) is 0 Å². The van der Waals surface area contributed by atoms with Gasteiger partial charge in [0.2, 0.25) is 0 Å². The first kappa shape index (κ1) is 14.6. The first-order chi connectivity index (χ1) is 10.0. The molecule has 1 aliphatic heterocycles. The molecule has 3 rings (SSSR count). The van der Waals surface area contributed by atoms with Crippen molar-refractivity contribution in [3.8, 4) is 0 Å². The Labute approximate surface area is 126 Å². The largest absolute Gasteiger partial charge is 0.394 e. The molecule has 4 atom stereocenters. The first-order valence-electron chi connectivity index (χ1n) is 6.64. The van der Waals surface area contributed by atoms with Crippen molar-refractivity contribution in [2.45, 2.75) is 31.3 Å². The van der Waals surface area contributed by atoms with E-state index in [-0.39, 0.29) is 6.61 Å². The van der Waals surface area contributed by atoms with Gasteiger partial charge in [-0.3, -0.25) is 0 Å². The van der Waals surface area contributed by atoms with Gasteiger partial charge in [0, 0.05) is 16.6 Å². The Kier molecular flexibility index (Phi) is 3.76. The zero-order chi connectivity index (χ0) is 15.1. The molecule has 0 saturated carbocycles. The Morgan fingerprint density at radius 3 is 2.76 bits per heavy atom. The molecular formula is C14H16N2O4S. The average molecular weight is 308 g/mol. The Balaban J connectivity index is 2.07. The number of rotatable bonds is 2. The number of aliphatic hydroxyl groups excluding tert-OH is 3. The molecule has 4 unspecified atom stereocenters. The molecule has 3 heterocycles. The number of hydrogen-bond donors (Lipinski definition) is 4. The van der Waals surface area contributed by atoms with Gasteiger partial charge >= 0.3 is 0 Å². The maximum Gasteiger partial charge on any atom is 0.138 e. The molecule has 0 bridgehead atoms. The summed E-state index contributed by atoms with van der Waals surface area (Å²) in [5.74, 6) is 0. The molecule has 112 valence electrons. The third-order valence-corrected chi connectivity index (χ3v) is 4.06. The summed E-state index contributed by atoms with van der Waals surface area (Å²) in [6.07, 6.45) is -3.85. The summed E-state index contributed by atoms with van der Waals surface area (Å²) in [7, 11) is 0. The van der Waals surface area contributed by atoms with Crippen LogP contribution < -0.4 is 0 Å². The highest BCUT2D eigenvalue weighted by Crippen LogP contribution is 2.34. The molecule has 1 saturated heterocycles. The molecule has 4 N–H and O–H groups in total. The number of aliphatic hydroxyl groups is 3. The van der Waals surface area contributed by atoms with Crippen LogP contribution in [0.3, 0.4) is 0 Å². The van der Waals surface area contributed by atoms with Crippen LogP contribution in [0.2, 0.25) is 0 Å². The van der Waals surface area contributed by atoms with Crippen LogP contribution in [0, 0.1) is 11.6 Å². The highest BCUT2D eigenvalue weighted by molar-refractivity contribution is 7.71. The van der Waals surface area contributed by atoms with Gasteiger partial charge in [0.1, 0.15) is 34.7 Å². The van der Waals surface area contributed by atoms with Gasteiger partial charge in [-0.15, -0.1) is 0 Å². The summed E-state index contributed by atoms with van der Waals surface area (Å²) in [5, 5.41) is 29.9. The van der Waals surface area contributed by atoms with Crippen molar-refractivity contribution in [2.24, 2.45) is 0 Å². The number of hydrogen-bond acceptors (Lipinski definition) is 6. The van der Waals surface area contributed by atoms with E-state index < -0.39 is 24.4 Å². The molecule has 1 aliphatic rings. The minimum atomic E-state index is -1.14. The second-order valence-electron chi connectivity index (χ2n) is 5.20. The molecule has 2 aromatic heterocycles. The lowest BCUT2D eigenvalue weighted by atomic mass is 10.0. The van der Waals surface area contributed by atoms with Crippen molar-refractivity contribution in [2.75, 3.05) is 6.61 Å². The lowest BCUT2D eigenvalue weighted by Crippen LogP contribution is -2.32. The van der Waals surface area contributed by atoms with Gasteiger partial charge in [0.05, 0.1) is 6.61 Å². The number of aryl methyl sites for hydroxylation is 1. The monoisotopic (exact) mass is 308 g/mol. The van der Waals surface area contributed by atoms with E-state index in [1.807, 2.05) is 19.1 Å². The quantitative estimate of drug-likeness (QED) is 0.611. The van der Waals surface area contributed by atoms with Gasteiger partial charge in [0.25, 0.3) is 0 Å². The second kappa shape index (κ2) is 5.43. The molecule has 21 heavy (non-hydrogen) atoms. The van der Waals surface area contributed by atoms with Crippen molar-refractivity contribution < 1.29 is 20.1 Å². The number of H-pyrrole nitrogens is 1. The Morgan fingerprint density at radius 1 is 1.33 bits per heavy atom. The van der Waals surface area contributed by atoms with Crippen LogP contribution in [0.25, 0.3) is 11.0 Å². The second-order valence-corrected chi connectivity index (χ2v) is 5.61. The molecule has 0 amide bonds. The van der Waals surface area contributed by atoms with Gasteiger partial charge in [-0.25, -0.2) is 4.98 Å². The van der Waals surface area contributed by atoms with Gasteiger partial charge in [-0.1, -0.05) is 12.2 Å². The normalized spacial score (nSPS) is 29.1. The number of nitrogens with one attached hydrogen (secondary N) is 1. The van der Waals surface area contributed by atoms with Crippen LogP contribution in [0.15, 0.2) is 18.2 Å². The summed E-state index contributed by atoms with van der Waals surface area (Å²) in [4.78, 5) is 7.37. The van der Waals surface area contributed by atoms with Gasteiger partial charge in [0.15, 0.2) is 0 Å². The highest BCUT2D eigenvalue weighted by Gasteiger charge is 2.43. The van der Waals surface area contributed by atoms with E-state index in [4.69, 9.17) is 22.1 Å². The van der Waals surface area contributed by atoms with Crippen LogP contribution in [0.1, 0.15) is 17.4 Å². The summed E-state index contributed by atoms with van der Waals surface area (Å²) in [6.45, 7) is 1.52. The predicted molar refractivity (Wildman–Crippen MR) is 78.4 cm³/mol. The minimum absolute atomic E-state index is 0.362. The topological polar surface area (TPSA) is 98.6 Å². The van der Waals surface area contributed by atoms with E-state index in [0.29, 0.717) is 15.9 Å². The number of aromatic nitrogens is 2. The standard InChI is InChI=1S/C14H16N2O4S/c1-6-2-3-7-4-8(14(21)16-13(7)15-6)12-11(19)10(18)9(5-17)20-12/h2-4,9-12,17-19H,5H2,1H3,(H,15,16,21). The smallest absolute Gasteiger partial charge is 0.138 e. The molecule has 1 fully saturated rings. The molecule has 0 radical (unpaired) electrons. The maximum absolute atomic E-state index is 10.1. The fraction of sp³-hybridized carbons (Fsp3) is 0.429. The predicted octanol–water partition coefficient (Wildman–Crippen LogP) is 0.755. The number of ether oxygens (including phenoxy) is 1. The van der Waals surface area contributed by atoms with E-state index in [0.717, 1.165) is 11.1 Å². The maximum atomic E-state index is 10.1. The minimum Gasteiger partial charge on any atom is -0.394 e. The van der Waals surface area contributed by atoms with Gasteiger partial charge in [-0.2, -0.15) is 0 Å². The number of nitrogens with zero attached hydrogens (tertiary/aromatic N) is 1. The van der Waals surface area contributed by atoms with Gasteiger partial charge < -0.3 is 25.0 Å². The molecular weight excluding hydrogens is 292 g/mol. The first-order valence-corrected chi connectivity index (χ1v) is 7.05. The van der Waals surface area contributed by atoms with Gasteiger partial charge in [-0.05, 0) is 25.1 Å². The Hall–Kier alpha value is -1.38. The zero-order valence-corrected chi connectivity index (χ0v) is 12.2. The van der Waals surface area contributed by atoms with Crippen LogP contribution >= 0.6 is 12.2 Å². The van der Waals surface area contributed by atoms with Crippen molar-refractivity contribution >= 4 is 23.3 Å². The number of aromatic amines is 1. The fourth-order valence-electron chi connectivity index (χ4n) is 2.56. The lowest BCUT2D eigenvalue weighted by Gasteiger charge is -2.15.